The first-order valence-corrected chi connectivity index (χ1v) is 7.46. The third kappa shape index (κ3) is 3.74. The van der Waals surface area contributed by atoms with E-state index < -0.39 is 11.0 Å². The highest BCUT2D eigenvalue weighted by Gasteiger charge is 2.17. The zero-order chi connectivity index (χ0) is 17.8. The van der Waals surface area contributed by atoms with Crippen LogP contribution in [0.3, 0.4) is 0 Å². The summed E-state index contributed by atoms with van der Waals surface area (Å²) in [6.45, 7) is 1.79. The van der Waals surface area contributed by atoms with Crippen LogP contribution in [0, 0.1) is 10.1 Å². The number of hydrogen-bond donors (Lipinski definition) is 0. The van der Waals surface area contributed by atoms with E-state index in [0.717, 1.165) is 5.75 Å². The summed E-state index contributed by atoms with van der Waals surface area (Å²) in [6.07, 6.45) is -0.451. The number of nitro groups is 1. The zero-order valence-electron chi connectivity index (χ0n) is 13.6. The molecule has 0 aliphatic heterocycles. The van der Waals surface area contributed by atoms with E-state index in [2.05, 4.69) is 10.1 Å². The maximum Gasteiger partial charge on any atom is 0.269 e. The lowest BCUT2D eigenvalue weighted by Crippen LogP contribution is -2.03. The Morgan fingerprint density at radius 1 is 1.08 bits per heavy atom. The third-order valence-corrected chi connectivity index (χ3v) is 3.50. The van der Waals surface area contributed by atoms with Crippen LogP contribution >= 0.6 is 0 Å². The molecule has 1 aromatic heterocycles. The highest BCUT2D eigenvalue weighted by atomic mass is 16.6. The molecule has 0 bridgehead atoms. The lowest BCUT2D eigenvalue weighted by molar-refractivity contribution is -0.384. The Morgan fingerprint density at radius 2 is 1.72 bits per heavy atom. The second-order valence-corrected chi connectivity index (χ2v) is 5.20. The van der Waals surface area contributed by atoms with Gasteiger partial charge in [-0.3, -0.25) is 10.1 Å². The Hall–Kier alpha value is -3.42. The molecule has 0 amide bonds. The maximum absolute atomic E-state index is 10.7. The number of benzene rings is 2. The highest BCUT2D eigenvalue weighted by Crippen LogP contribution is 2.25. The molecule has 0 aliphatic carbocycles. The van der Waals surface area contributed by atoms with Gasteiger partial charge in [-0.15, -0.1) is 0 Å². The Bertz CT molecular complexity index is 859. The van der Waals surface area contributed by atoms with Crippen LogP contribution in [-0.4, -0.2) is 22.2 Å². The number of methoxy groups -OCH3 is 1. The zero-order valence-corrected chi connectivity index (χ0v) is 13.6. The van der Waals surface area contributed by atoms with E-state index in [1.165, 1.54) is 12.1 Å². The van der Waals surface area contributed by atoms with Crippen LogP contribution in [0.4, 0.5) is 5.69 Å². The molecule has 0 fully saturated rings. The van der Waals surface area contributed by atoms with E-state index in [-0.39, 0.29) is 5.69 Å². The van der Waals surface area contributed by atoms with Crippen LogP contribution in [0.25, 0.3) is 11.4 Å². The van der Waals surface area contributed by atoms with E-state index in [0.29, 0.717) is 23.0 Å². The molecule has 1 heterocycles. The average Bonchev–Trinajstić information content (AvgIpc) is 3.13. The second kappa shape index (κ2) is 7.00. The molecule has 8 nitrogen and oxygen atoms in total. The molecule has 0 spiro atoms. The van der Waals surface area contributed by atoms with Gasteiger partial charge in [0, 0.05) is 17.7 Å². The molecule has 0 saturated heterocycles. The molecule has 0 radical (unpaired) electrons. The third-order valence-electron chi connectivity index (χ3n) is 3.50. The van der Waals surface area contributed by atoms with E-state index in [1.54, 1.807) is 50.4 Å². The molecule has 128 valence electrons. The molecule has 8 heteroatoms. The molecule has 3 aromatic rings. The van der Waals surface area contributed by atoms with Crippen molar-refractivity contribution in [1.29, 1.82) is 0 Å². The minimum atomic E-state index is -0.462. The van der Waals surface area contributed by atoms with Crippen LogP contribution < -0.4 is 9.47 Å². The lowest BCUT2D eigenvalue weighted by Gasteiger charge is -2.10. The summed E-state index contributed by atoms with van der Waals surface area (Å²) in [7, 11) is 1.59. The molecule has 0 saturated carbocycles. The summed E-state index contributed by atoms with van der Waals surface area (Å²) in [5, 5.41) is 14.6. The highest BCUT2D eigenvalue weighted by molar-refractivity contribution is 5.56. The second-order valence-electron chi connectivity index (χ2n) is 5.20. The first-order valence-electron chi connectivity index (χ1n) is 7.46. The fourth-order valence-corrected chi connectivity index (χ4v) is 2.16. The molecule has 0 aliphatic rings. The van der Waals surface area contributed by atoms with Crippen molar-refractivity contribution in [2.24, 2.45) is 0 Å². The number of non-ortho nitro benzene ring substituents is 1. The fraction of sp³-hybridized carbons (Fsp3) is 0.176. The minimum absolute atomic E-state index is 0.00340. The van der Waals surface area contributed by atoms with E-state index in [9.17, 15) is 10.1 Å². The molecule has 1 unspecified atom stereocenters. The fourth-order valence-electron chi connectivity index (χ4n) is 2.16. The first kappa shape index (κ1) is 16.4. The van der Waals surface area contributed by atoms with Gasteiger partial charge in [-0.25, -0.2) is 0 Å². The Labute approximate surface area is 143 Å². The smallest absolute Gasteiger partial charge is 0.269 e. The average molecular weight is 341 g/mol. The van der Waals surface area contributed by atoms with Gasteiger partial charge in [0.1, 0.15) is 11.5 Å². The number of nitro benzene ring substituents is 1. The monoisotopic (exact) mass is 341 g/mol. The molecule has 3 rings (SSSR count). The van der Waals surface area contributed by atoms with Gasteiger partial charge >= 0.3 is 0 Å². The van der Waals surface area contributed by atoms with Gasteiger partial charge in [0.15, 0.2) is 6.10 Å². The van der Waals surface area contributed by atoms with Crippen LogP contribution in [0.2, 0.25) is 0 Å². The van der Waals surface area contributed by atoms with Gasteiger partial charge in [-0.05, 0) is 43.3 Å². The normalized spacial score (nSPS) is 11.8. The molecule has 0 N–H and O–H groups in total. The lowest BCUT2D eigenvalue weighted by atomic mass is 10.2. The van der Waals surface area contributed by atoms with Gasteiger partial charge in [0.05, 0.1) is 12.0 Å². The summed E-state index contributed by atoms with van der Waals surface area (Å²) in [4.78, 5) is 14.5. The van der Waals surface area contributed by atoms with Gasteiger partial charge < -0.3 is 14.0 Å². The van der Waals surface area contributed by atoms with Gasteiger partial charge in [-0.2, -0.15) is 4.98 Å². The summed E-state index contributed by atoms with van der Waals surface area (Å²) >= 11 is 0. The Kier molecular flexibility index (Phi) is 4.60. The number of nitrogens with zero attached hydrogens (tertiary/aromatic N) is 3. The Balaban J connectivity index is 1.72. The molecule has 25 heavy (non-hydrogen) atoms. The van der Waals surface area contributed by atoms with Crippen LogP contribution in [0.5, 0.6) is 11.5 Å². The number of ether oxygens (including phenoxy) is 2. The maximum atomic E-state index is 10.7. The SMILES string of the molecule is COc1ccc(OC(C)c2nc(-c3ccc([N+](=O)[O-])cc3)no2)cc1. The van der Waals surface area contributed by atoms with Crippen LogP contribution in [0.1, 0.15) is 18.9 Å². The summed E-state index contributed by atoms with van der Waals surface area (Å²) in [5.41, 5.74) is 0.626. The van der Waals surface area contributed by atoms with Crippen molar-refractivity contribution < 1.29 is 18.9 Å². The number of hydrogen-bond acceptors (Lipinski definition) is 7. The van der Waals surface area contributed by atoms with Gasteiger partial charge in [-0.1, -0.05) is 5.16 Å². The van der Waals surface area contributed by atoms with Crippen molar-refractivity contribution in [2.75, 3.05) is 7.11 Å². The van der Waals surface area contributed by atoms with E-state index in [4.69, 9.17) is 14.0 Å². The van der Waals surface area contributed by atoms with E-state index in [1.807, 2.05) is 0 Å². The van der Waals surface area contributed by atoms with Crippen LogP contribution in [-0.2, 0) is 0 Å². The summed E-state index contributed by atoms with van der Waals surface area (Å²) in [6, 6.07) is 13.1. The predicted molar refractivity (Wildman–Crippen MR) is 88.4 cm³/mol. The van der Waals surface area contributed by atoms with Crippen molar-refractivity contribution >= 4 is 5.69 Å². The van der Waals surface area contributed by atoms with Crippen molar-refractivity contribution in [1.82, 2.24) is 10.1 Å². The topological polar surface area (TPSA) is 101 Å². The summed E-state index contributed by atoms with van der Waals surface area (Å²) in [5.74, 6) is 2.03. The predicted octanol–water partition coefficient (Wildman–Crippen LogP) is 3.79. The molecule has 2 aromatic carbocycles. The largest absolute Gasteiger partial charge is 0.497 e. The molecular formula is C17H15N3O5. The molecule has 1 atom stereocenters. The standard InChI is InChI=1S/C17H15N3O5/c1-11(24-15-9-7-14(23-2)8-10-15)17-18-16(19-25-17)12-3-5-13(6-4-12)20(21)22/h3-11H,1-2H3. The van der Waals surface area contributed by atoms with Crippen molar-refractivity contribution in [3.8, 4) is 22.9 Å². The van der Waals surface area contributed by atoms with Crippen LogP contribution in [0.15, 0.2) is 53.1 Å². The minimum Gasteiger partial charge on any atom is -0.497 e. The van der Waals surface area contributed by atoms with Crippen molar-refractivity contribution in [2.45, 2.75) is 13.0 Å². The Morgan fingerprint density at radius 3 is 2.32 bits per heavy atom. The van der Waals surface area contributed by atoms with E-state index >= 15 is 0 Å². The summed E-state index contributed by atoms with van der Waals surface area (Å²) < 4.78 is 16.1. The first-order chi connectivity index (χ1) is 12.1. The number of aromatic nitrogens is 2. The van der Waals surface area contributed by atoms with Gasteiger partial charge in [0.2, 0.25) is 5.82 Å². The number of rotatable bonds is 6. The molecular weight excluding hydrogens is 326 g/mol. The van der Waals surface area contributed by atoms with Crippen molar-refractivity contribution in [3.05, 3.63) is 64.5 Å². The quantitative estimate of drug-likeness (QED) is 0.496. The van der Waals surface area contributed by atoms with Crippen molar-refractivity contribution in [3.63, 3.8) is 0 Å². The van der Waals surface area contributed by atoms with Gasteiger partial charge in [0.25, 0.3) is 11.6 Å².